The van der Waals surface area contributed by atoms with Crippen LogP contribution in [0, 0.1) is 5.92 Å². The summed E-state index contributed by atoms with van der Waals surface area (Å²) in [4.78, 5) is 28.9. The van der Waals surface area contributed by atoms with Crippen molar-refractivity contribution in [2.75, 3.05) is 0 Å². The van der Waals surface area contributed by atoms with Crippen molar-refractivity contribution in [2.45, 2.75) is 51.0 Å². The van der Waals surface area contributed by atoms with Crippen molar-refractivity contribution < 1.29 is 14.7 Å². The number of aryl methyl sites for hydroxylation is 1. The number of amides is 1. The Morgan fingerprint density at radius 1 is 1.08 bits per heavy atom. The van der Waals surface area contributed by atoms with Gasteiger partial charge in [-0.2, -0.15) is 0 Å². The zero-order valence-corrected chi connectivity index (χ0v) is 14.1. The Bertz CT molecular complexity index is 838. The number of aliphatic carboxylic acids is 1. The Morgan fingerprint density at radius 2 is 1.84 bits per heavy atom. The number of carbonyl (C=O) groups is 2. The van der Waals surface area contributed by atoms with Crippen LogP contribution in [-0.4, -0.2) is 28.0 Å². The summed E-state index contributed by atoms with van der Waals surface area (Å²) in [6.45, 7) is 0. The van der Waals surface area contributed by atoms with E-state index in [0.717, 1.165) is 59.8 Å². The molecule has 2 N–H and O–H groups in total. The van der Waals surface area contributed by atoms with Crippen LogP contribution in [0.25, 0.3) is 10.9 Å². The number of hydrogen-bond donors (Lipinski definition) is 2. The highest BCUT2D eigenvalue weighted by Gasteiger charge is 2.29. The highest BCUT2D eigenvalue weighted by atomic mass is 16.4. The number of carbonyl (C=O) groups excluding carboxylic acids is 1. The third kappa shape index (κ3) is 2.99. The first-order valence-electron chi connectivity index (χ1n) is 9.07. The lowest BCUT2D eigenvalue weighted by Crippen LogP contribution is -2.39. The Balaban J connectivity index is 1.60. The van der Waals surface area contributed by atoms with Crippen molar-refractivity contribution in [3.63, 3.8) is 0 Å². The smallest absolute Gasteiger partial charge is 0.306 e. The lowest BCUT2D eigenvalue weighted by molar-refractivity contribution is -0.142. The Morgan fingerprint density at radius 3 is 2.60 bits per heavy atom. The van der Waals surface area contributed by atoms with E-state index in [1.807, 2.05) is 24.3 Å². The summed E-state index contributed by atoms with van der Waals surface area (Å²) in [5, 5.41) is 13.2. The van der Waals surface area contributed by atoms with Gasteiger partial charge in [-0.15, -0.1) is 0 Å². The molecule has 1 saturated carbocycles. The molecule has 0 atom stereocenters. The van der Waals surface area contributed by atoms with E-state index in [2.05, 4.69) is 5.32 Å². The number of pyridine rings is 1. The molecule has 1 amide bonds. The van der Waals surface area contributed by atoms with Crippen LogP contribution in [0.3, 0.4) is 0 Å². The van der Waals surface area contributed by atoms with Crippen molar-refractivity contribution in [1.29, 1.82) is 0 Å². The number of nitrogens with one attached hydrogen (secondary N) is 1. The molecule has 1 aromatic carbocycles. The lowest BCUT2D eigenvalue weighted by atomic mass is 9.86. The molecule has 25 heavy (non-hydrogen) atoms. The van der Waals surface area contributed by atoms with E-state index in [1.165, 1.54) is 0 Å². The second kappa shape index (κ2) is 6.47. The van der Waals surface area contributed by atoms with Crippen LogP contribution in [0.15, 0.2) is 24.3 Å². The highest BCUT2D eigenvalue weighted by Crippen LogP contribution is 2.31. The van der Waals surface area contributed by atoms with Gasteiger partial charge in [0.2, 0.25) is 0 Å². The molecule has 0 spiro atoms. The molecule has 0 aliphatic heterocycles. The van der Waals surface area contributed by atoms with Gasteiger partial charge in [0.1, 0.15) is 0 Å². The summed E-state index contributed by atoms with van der Waals surface area (Å²) in [7, 11) is 0. The largest absolute Gasteiger partial charge is 0.481 e. The molecule has 1 aromatic heterocycles. The van der Waals surface area contributed by atoms with E-state index in [0.29, 0.717) is 12.8 Å². The first-order valence-corrected chi connectivity index (χ1v) is 9.07. The minimum absolute atomic E-state index is 0.0319. The number of carboxylic acids is 1. The maximum absolute atomic E-state index is 13.0. The molecule has 2 aliphatic carbocycles. The monoisotopic (exact) mass is 338 g/mol. The highest BCUT2D eigenvalue weighted by molar-refractivity contribution is 6.08. The normalized spacial score (nSPS) is 22.6. The number of nitrogens with zero attached hydrogens (tertiary/aromatic N) is 1. The summed E-state index contributed by atoms with van der Waals surface area (Å²) >= 11 is 0. The standard InChI is InChI=1S/C20H22N2O3/c23-19(21-13-10-8-12(9-11-13)20(24)25)18-14-4-1-2-6-16(14)22-17-7-3-5-15(17)18/h1-2,4,6,12-13H,3,5,7-11H2,(H,21,23)(H,24,25). The maximum atomic E-state index is 13.0. The average molecular weight is 338 g/mol. The van der Waals surface area contributed by atoms with Gasteiger partial charge in [-0.25, -0.2) is 0 Å². The Hall–Kier alpha value is -2.43. The summed E-state index contributed by atoms with van der Waals surface area (Å²) in [5.41, 5.74) is 3.80. The molecular formula is C20H22N2O3. The number of benzene rings is 1. The third-order valence-electron chi connectivity index (χ3n) is 5.56. The van der Waals surface area contributed by atoms with Crippen molar-refractivity contribution >= 4 is 22.8 Å². The molecule has 1 heterocycles. The molecule has 1 fully saturated rings. The van der Waals surface area contributed by atoms with E-state index in [4.69, 9.17) is 10.1 Å². The van der Waals surface area contributed by atoms with E-state index < -0.39 is 5.97 Å². The molecular weight excluding hydrogens is 316 g/mol. The van der Waals surface area contributed by atoms with Gasteiger partial charge in [0.05, 0.1) is 17.0 Å². The molecule has 5 heteroatoms. The zero-order valence-electron chi connectivity index (χ0n) is 14.1. The maximum Gasteiger partial charge on any atom is 0.306 e. The molecule has 0 unspecified atom stereocenters. The van der Waals surface area contributed by atoms with E-state index in [1.54, 1.807) is 0 Å². The van der Waals surface area contributed by atoms with Crippen LogP contribution in [0.5, 0.6) is 0 Å². The van der Waals surface area contributed by atoms with E-state index in [-0.39, 0.29) is 17.9 Å². The number of carboxylic acid groups (broad SMARTS) is 1. The summed E-state index contributed by atoms with van der Waals surface area (Å²) in [6.07, 6.45) is 5.61. The SMILES string of the molecule is O=C(NC1CCC(C(=O)O)CC1)c1c2c(nc3ccccc13)CCC2. The van der Waals surface area contributed by atoms with Gasteiger partial charge in [0, 0.05) is 17.1 Å². The van der Waals surface area contributed by atoms with Gasteiger partial charge >= 0.3 is 5.97 Å². The molecule has 4 rings (SSSR count). The van der Waals surface area contributed by atoms with Gasteiger partial charge in [0.15, 0.2) is 0 Å². The van der Waals surface area contributed by atoms with Crippen LogP contribution in [-0.2, 0) is 17.6 Å². The summed E-state index contributed by atoms with van der Waals surface area (Å²) < 4.78 is 0. The fourth-order valence-electron chi connectivity index (χ4n) is 4.21. The molecule has 130 valence electrons. The van der Waals surface area contributed by atoms with Crippen LogP contribution >= 0.6 is 0 Å². The van der Waals surface area contributed by atoms with Gasteiger partial charge in [-0.3, -0.25) is 14.6 Å². The van der Waals surface area contributed by atoms with Gasteiger partial charge in [-0.1, -0.05) is 18.2 Å². The van der Waals surface area contributed by atoms with Crippen molar-refractivity contribution in [2.24, 2.45) is 5.92 Å². The number of para-hydroxylation sites is 1. The van der Waals surface area contributed by atoms with E-state index in [9.17, 15) is 9.59 Å². The van der Waals surface area contributed by atoms with Crippen LogP contribution in [0.2, 0.25) is 0 Å². The topological polar surface area (TPSA) is 79.3 Å². The second-order valence-corrected chi connectivity index (χ2v) is 7.14. The molecule has 2 aliphatic rings. The lowest BCUT2D eigenvalue weighted by Gasteiger charge is -2.27. The fraction of sp³-hybridized carbons (Fsp3) is 0.450. The molecule has 0 saturated heterocycles. The summed E-state index contributed by atoms with van der Waals surface area (Å²) in [6, 6.07) is 7.89. The Labute approximate surface area is 146 Å². The van der Waals surface area contributed by atoms with Gasteiger partial charge in [0.25, 0.3) is 5.91 Å². The van der Waals surface area contributed by atoms with Crippen molar-refractivity contribution in [1.82, 2.24) is 10.3 Å². The van der Waals surface area contributed by atoms with E-state index >= 15 is 0 Å². The van der Waals surface area contributed by atoms with Crippen LogP contribution in [0.1, 0.15) is 53.7 Å². The van der Waals surface area contributed by atoms with Gasteiger partial charge < -0.3 is 10.4 Å². The van der Waals surface area contributed by atoms with Crippen molar-refractivity contribution in [3.8, 4) is 0 Å². The number of hydrogen-bond acceptors (Lipinski definition) is 3. The van der Waals surface area contributed by atoms with Crippen molar-refractivity contribution in [3.05, 3.63) is 41.1 Å². The predicted molar refractivity (Wildman–Crippen MR) is 94.6 cm³/mol. The average Bonchev–Trinajstić information content (AvgIpc) is 3.07. The fourth-order valence-corrected chi connectivity index (χ4v) is 4.21. The predicted octanol–water partition coefficient (Wildman–Crippen LogP) is 3.10. The minimum Gasteiger partial charge on any atom is -0.481 e. The molecule has 5 nitrogen and oxygen atoms in total. The number of fused-ring (bicyclic) bond motifs is 2. The number of rotatable bonds is 3. The molecule has 0 bridgehead atoms. The second-order valence-electron chi connectivity index (χ2n) is 7.14. The third-order valence-corrected chi connectivity index (χ3v) is 5.56. The van der Waals surface area contributed by atoms with Crippen LogP contribution < -0.4 is 5.32 Å². The first-order chi connectivity index (χ1) is 12.1. The van der Waals surface area contributed by atoms with Crippen LogP contribution in [0.4, 0.5) is 0 Å². The first kappa shape index (κ1) is 16.1. The van der Waals surface area contributed by atoms with Gasteiger partial charge in [-0.05, 0) is 56.6 Å². The number of aromatic nitrogens is 1. The minimum atomic E-state index is -0.720. The Kier molecular flexibility index (Phi) is 4.15. The quantitative estimate of drug-likeness (QED) is 0.901. The summed E-state index contributed by atoms with van der Waals surface area (Å²) in [5.74, 6) is -1.02. The molecule has 2 aromatic rings. The zero-order chi connectivity index (χ0) is 17.4. The molecule has 0 radical (unpaired) electrons.